The molecule has 0 aliphatic rings. The van der Waals surface area contributed by atoms with Crippen LogP contribution in [0.5, 0.6) is 5.75 Å². The van der Waals surface area contributed by atoms with E-state index in [4.69, 9.17) is 4.74 Å². The summed E-state index contributed by atoms with van der Waals surface area (Å²) >= 11 is 0. The lowest BCUT2D eigenvalue weighted by molar-refractivity contribution is 0.207. The van der Waals surface area contributed by atoms with Gasteiger partial charge in [-0.15, -0.1) is 0 Å². The van der Waals surface area contributed by atoms with Crippen molar-refractivity contribution in [3.8, 4) is 5.75 Å². The SMILES string of the molecule is CCCNCCCC(C)Oc1cc(C)cc(C)c1. The molecule has 1 atom stereocenters. The zero-order valence-corrected chi connectivity index (χ0v) is 12.3. The van der Waals surface area contributed by atoms with Gasteiger partial charge in [0.25, 0.3) is 0 Å². The number of rotatable bonds is 8. The van der Waals surface area contributed by atoms with E-state index in [0.29, 0.717) is 0 Å². The third kappa shape index (κ3) is 6.06. The Morgan fingerprint density at radius 2 is 1.78 bits per heavy atom. The van der Waals surface area contributed by atoms with Crippen molar-refractivity contribution in [2.75, 3.05) is 13.1 Å². The first-order valence-corrected chi connectivity index (χ1v) is 7.07. The predicted molar refractivity (Wildman–Crippen MR) is 78.4 cm³/mol. The molecular weight excluding hydrogens is 222 g/mol. The van der Waals surface area contributed by atoms with Crippen molar-refractivity contribution in [3.63, 3.8) is 0 Å². The van der Waals surface area contributed by atoms with Gasteiger partial charge in [-0.05, 0) is 76.4 Å². The lowest BCUT2D eigenvalue weighted by Gasteiger charge is -2.15. The maximum absolute atomic E-state index is 5.95. The Morgan fingerprint density at radius 1 is 1.11 bits per heavy atom. The zero-order valence-electron chi connectivity index (χ0n) is 12.3. The molecule has 0 bridgehead atoms. The predicted octanol–water partition coefficient (Wildman–Crippen LogP) is 3.85. The first kappa shape index (κ1) is 15.0. The minimum Gasteiger partial charge on any atom is -0.491 e. The molecule has 0 aliphatic heterocycles. The fourth-order valence-electron chi connectivity index (χ4n) is 2.11. The highest BCUT2D eigenvalue weighted by molar-refractivity contribution is 5.33. The summed E-state index contributed by atoms with van der Waals surface area (Å²) in [6.45, 7) is 10.8. The molecule has 0 amide bonds. The number of hydrogen-bond donors (Lipinski definition) is 1. The molecule has 2 nitrogen and oxygen atoms in total. The molecule has 102 valence electrons. The normalized spacial score (nSPS) is 12.4. The number of nitrogens with one attached hydrogen (secondary N) is 1. The number of aryl methyl sites for hydroxylation is 2. The van der Waals surface area contributed by atoms with Gasteiger partial charge in [0, 0.05) is 0 Å². The summed E-state index contributed by atoms with van der Waals surface area (Å²) in [7, 11) is 0. The Morgan fingerprint density at radius 3 is 2.39 bits per heavy atom. The summed E-state index contributed by atoms with van der Waals surface area (Å²) < 4.78 is 5.95. The number of benzene rings is 1. The van der Waals surface area contributed by atoms with Crippen LogP contribution in [0.2, 0.25) is 0 Å². The third-order valence-corrected chi connectivity index (χ3v) is 2.92. The summed E-state index contributed by atoms with van der Waals surface area (Å²) in [4.78, 5) is 0. The van der Waals surface area contributed by atoms with Gasteiger partial charge in [-0.2, -0.15) is 0 Å². The van der Waals surface area contributed by atoms with Crippen LogP contribution in [-0.2, 0) is 0 Å². The molecule has 0 spiro atoms. The lowest BCUT2D eigenvalue weighted by Crippen LogP contribution is -2.19. The molecule has 0 fully saturated rings. The topological polar surface area (TPSA) is 21.3 Å². The van der Waals surface area contributed by atoms with Crippen LogP contribution in [0.25, 0.3) is 0 Å². The van der Waals surface area contributed by atoms with E-state index in [-0.39, 0.29) is 6.10 Å². The average Bonchev–Trinajstić information content (AvgIpc) is 2.27. The van der Waals surface area contributed by atoms with Gasteiger partial charge in [0.15, 0.2) is 0 Å². The molecular formula is C16H27NO. The van der Waals surface area contributed by atoms with Gasteiger partial charge in [-0.25, -0.2) is 0 Å². The van der Waals surface area contributed by atoms with Crippen LogP contribution in [0.3, 0.4) is 0 Å². The third-order valence-electron chi connectivity index (χ3n) is 2.92. The second kappa shape index (κ2) is 8.15. The largest absolute Gasteiger partial charge is 0.491 e. The summed E-state index contributed by atoms with van der Waals surface area (Å²) in [5.74, 6) is 1.00. The number of ether oxygens (including phenoxy) is 1. The second-order valence-electron chi connectivity index (χ2n) is 5.14. The van der Waals surface area contributed by atoms with Crippen LogP contribution in [-0.4, -0.2) is 19.2 Å². The van der Waals surface area contributed by atoms with Crippen molar-refractivity contribution < 1.29 is 4.74 Å². The van der Waals surface area contributed by atoms with E-state index in [1.165, 1.54) is 24.0 Å². The molecule has 0 saturated carbocycles. The van der Waals surface area contributed by atoms with Crippen molar-refractivity contribution >= 4 is 0 Å². The second-order valence-corrected chi connectivity index (χ2v) is 5.14. The molecule has 1 aromatic rings. The van der Waals surface area contributed by atoms with Gasteiger partial charge in [-0.1, -0.05) is 13.0 Å². The highest BCUT2D eigenvalue weighted by atomic mass is 16.5. The van der Waals surface area contributed by atoms with Gasteiger partial charge < -0.3 is 10.1 Å². The summed E-state index contributed by atoms with van der Waals surface area (Å²) in [6, 6.07) is 6.39. The van der Waals surface area contributed by atoms with Crippen LogP contribution in [0.15, 0.2) is 18.2 Å². The van der Waals surface area contributed by atoms with Crippen LogP contribution in [0.4, 0.5) is 0 Å². The molecule has 0 saturated heterocycles. The number of hydrogen-bond acceptors (Lipinski definition) is 2. The highest BCUT2D eigenvalue weighted by Gasteiger charge is 2.04. The summed E-state index contributed by atoms with van der Waals surface area (Å²) in [5.41, 5.74) is 2.53. The van der Waals surface area contributed by atoms with E-state index in [1.807, 2.05) is 0 Å². The first-order chi connectivity index (χ1) is 8.61. The Kier molecular flexibility index (Phi) is 6.81. The van der Waals surface area contributed by atoms with Gasteiger partial charge in [0.1, 0.15) is 5.75 Å². The van der Waals surface area contributed by atoms with Gasteiger partial charge in [0.2, 0.25) is 0 Å². The Hall–Kier alpha value is -1.02. The zero-order chi connectivity index (χ0) is 13.4. The van der Waals surface area contributed by atoms with Crippen LogP contribution in [0, 0.1) is 13.8 Å². The summed E-state index contributed by atoms with van der Waals surface area (Å²) in [5, 5.41) is 3.42. The molecule has 18 heavy (non-hydrogen) atoms. The first-order valence-electron chi connectivity index (χ1n) is 7.07. The van der Waals surface area contributed by atoms with Crippen molar-refractivity contribution in [1.29, 1.82) is 0 Å². The lowest BCUT2D eigenvalue weighted by atomic mass is 10.1. The molecule has 1 aromatic carbocycles. The van der Waals surface area contributed by atoms with Gasteiger partial charge in [-0.3, -0.25) is 0 Å². The Labute approximate surface area is 112 Å². The van der Waals surface area contributed by atoms with Gasteiger partial charge in [0.05, 0.1) is 6.10 Å². The van der Waals surface area contributed by atoms with E-state index in [2.05, 4.69) is 51.2 Å². The van der Waals surface area contributed by atoms with Crippen molar-refractivity contribution in [1.82, 2.24) is 5.32 Å². The van der Waals surface area contributed by atoms with Crippen molar-refractivity contribution in [2.24, 2.45) is 0 Å². The minimum atomic E-state index is 0.287. The van der Waals surface area contributed by atoms with Crippen molar-refractivity contribution in [2.45, 2.75) is 53.1 Å². The van der Waals surface area contributed by atoms with E-state index in [9.17, 15) is 0 Å². The monoisotopic (exact) mass is 249 g/mol. The molecule has 0 radical (unpaired) electrons. The fourth-order valence-corrected chi connectivity index (χ4v) is 2.11. The van der Waals surface area contributed by atoms with Crippen LogP contribution < -0.4 is 10.1 Å². The highest BCUT2D eigenvalue weighted by Crippen LogP contribution is 2.18. The maximum atomic E-state index is 5.95. The average molecular weight is 249 g/mol. The minimum absolute atomic E-state index is 0.287. The molecule has 1 N–H and O–H groups in total. The molecule has 0 heterocycles. The van der Waals surface area contributed by atoms with E-state index >= 15 is 0 Å². The summed E-state index contributed by atoms with van der Waals surface area (Å²) in [6.07, 6.45) is 3.76. The molecule has 0 aromatic heterocycles. The van der Waals surface area contributed by atoms with E-state index < -0.39 is 0 Å². The fraction of sp³-hybridized carbons (Fsp3) is 0.625. The molecule has 1 rings (SSSR count). The van der Waals surface area contributed by atoms with Gasteiger partial charge >= 0.3 is 0 Å². The maximum Gasteiger partial charge on any atom is 0.120 e. The Bertz CT molecular complexity index is 329. The Balaban J connectivity index is 2.28. The molecule has 2 heteroatoms. The standard InChI is InChI=1S/C16H27NO/c1-5-8-17-9-6-7-15(4)18-16-11-13(2)10-14(3)12-16/h10-12,15,17H,5-9H2,1-4H3. The molecule has 0 aliphatic carbocycles. The van der Waals surface area contributed by atoms with E-state index in [0.717, 1.165) is 25.3 Å². The molecule has 1 unspecified atom stereocenters. The van der Waals surface area contributed by atoms with Crippen LogP contribution in [0.1, 0.15) is 44.2 Å². The van der Waals surface area contributed by atoms with Crippen LogP contribution >= 0.6 is 0 Å². The van der Waals surface area contributed by atoms with E-state index in [1.54, 1.807) is 0 Å². The smallest absolute Gasteiger partial charge is 0.120 e. The quantitative estimate of drug-likeness (QED) is 0.707. The van der Waals surface area contributed by atoms with Crippen molar-refractivity contribution in [3.05, 3.63) is 29.3 Å².